The lowest BCUT2D eigenvalue weighted by Crippen LogP contribution is -2.37. The van der Waals surface area contributed by atoms with Crippen LogP contribution in [-0.2, 0) is 10.2 Å². The Bertz CT molecular complexity index is 764. The molecule has 0 heterocycles. The van der Waals surface area contributed by atoms with E-state index in [0.29, 0.717) is 5.69 Å². The number of hydrogen-bond acceptors (Lipinski definition) is 3. The van der Waals surface area contributed by atoms with Gasteiger partial charge in [-0.05, 0) is 30.5 Å². The number of benzene rings is 2. The predicted molar refractivity (Wildman–Crippen MR) is 90.3 cm³/mol. The van der Waals surface area contributed by atoms with Gasteiger partial charge in [-0.15, -0.1) is 0 Å². The number of anilines is 1. The standard InChI is InChI=1S/C19H19NO4/c21-16-12-14(8-9-15(16)17(22)23)20-18(24)19(10-4-5-11-19)13-6-2-1-3-7-13/h1-3,6-9,12,21H,4-5,10-11H2,(H,20,24)(H,22,23). The lowest BCUT2D eigenvalue weighted by atomic mass is 9.78. The molecule has 124 valence electrons. The number of phenols is 1. The molecular formula is C19H19NO4. The first kappa shape index (κ1) is 16.1. The molecule has 0 atom stereocenters. The number of carboxylic acids is 1. The van der Waals surface area contributed by atoms with Crippen LogP contribution in [0, 0.1) is 0 Å². The predicted octanol–water partition coefficient (Wildman–Crippen LogP) is 3.54. The highest BCUT2D eigenvalue weighted by Gasteiger charge is 2.42. The number of carbonyl (C=O) groups is 2. The van der Waals surface area contributed by atoms with Crippen LogP contribution in [0.3, 0.4) is 0 Å². The van der Waals surface area contributed by atoms with E-state index in [1.807, 2.05) is 30.3 Å². The molecule has 0 saturated heterocycles. The van der Waals surface area contributed by atoms with Crippen molar-refractivity contribution >= 4 is 17.6 Å². The molecule has 0 radical (unpaired) electrons. The van der Waals surface area contributed by atoms with Crippen molar-refractivity contribution in [3.63, 3.8) is 0 Å². The summed E-state index contributed by atoms with van der Waals surface area (Å²) in [5.41, 5.74) is 0.630. The number of nitrogens with one attached hydrogen (secondary N) is 1. The van der Waals surface area contributed by atoms with Gasteiger partial charge < -0.3 is 15.5 Å². The van der Waals surface area contributed by atoms with E-state index >= 15 is 0 Å². The van der Waals surface area contributed by atoms with Crippen LogP contribution in [0.15, 0.2) is 48.5 Å². The molecule has 0 bridgehead atoms. The fraction of sp³-hybridized carbons (Fsp3) is 0.263. The van der Waals surface area contributed by atoms with Gasteiger partial charge in [-0.25, -0.2) is 4.79 Å². The zero-order chi connectivity index (χ0) is 17.2. The molecule has 1 fully saturated rings. The second-order valence-electron chi connectivity index (χ2n) is 6.15. The van der Waals surface area contributed by atoms with E-state index in [1.165, 1.54) is 18.2 Å². The fourth-order valence-electron chi connectivity index (χ4n) is 3.42. The third-order valence-corrected chi connectivity index (χ3v) is 4.70. The van der Waals surface area contributed by atoms with Gasteiger partial charge in [0.2, 0.25) is 5.91 Å². The summed E-state index contributed by atoms with van der Waals surface area (Å²) in [6, 6.07) is 13.8. The molecule has 1 saturated carbocycles. The maximum absolute atomic E-state index is 13.0. The Morgan fingerprint density at radius 1 is 1.00 bits per heavy atom. The lowest BCUT2D eigenvalue weighted by molar-refractivity contribution is -0.121. The molecular weight excluding hydrogens is 306 g/mol. The first-order valence-electron chi connectivity index (χ1n) is 7.96. The second kappa shape index (κ2) is 6.35. The topological polar surface area (TPSA) is 86.6 Å². The van der Waals surface area contributed by atoms with E-state index in [4.69, 9.17) is 5.11 Å². The van der Waals surface area contributed by atoms with Crippen molar-refractivity contribution in [2.45, 2.75) is 31.1 Å². The highest BCUT2D eigenvalue weighted by atomic mass is 16.4. The molecule has 3 rings (SSSR count). The minimum absolute atomic E-state index is 0.117. The monoisotopic (exact) mass is 325 g/mol. The number of amides is 1. The minimum Gasteiger partial charge on any atom is -0.507 e. The molecule has 0 aliphatic heterocycles. The van der Waals surface area contributed by atoms with Gasteiger partial charge in [-0.2, -0.15) is 0 Å². The molecule has 24 heavy (non-hydrogen) atoms. The van der Waals surface area contributed by atoms with Gasteiger partial charge >= 0.3 is 5.97 Å². The quantitative estimate of drug-likeness (QED) is 0.802. The second-order valence-corrected chi connectivity index (χ2v) is 6.15. The maximum atomic E-state index is 13.0. The first-order valence-corrected chi connectivity index (χ1v) is 7.96. The third kappa shape index (κ3) is 2.85. The summed E-state index contributed by atoms with van der Waals surface area (Å²) in [6.07, 6.45) is 3.54. The van der Waals surface area contributed by atoms with Gasteiger partial charge in [-0.1, -0.05) is 43.2 Å². The average molecular weight is 325 g/mol. The molecule has 1 aliphatic rings. The number of carbonyl (C=O) groups excluding carboxylic acids is 1. The van der Waals surface area contributed by atoms with E-state index in [0.717, 1.165) is 31.2 Å². The summed E-state index contributed by atoms with van der Waals surface area (Å²) in [5, 5.41) is 21.6. The Hall–Kier alpha value is -2.82. The van der Waals surface area contributed by atoms with Crippen molar-refractivity contribution in [1.29, 1.82) is 0 Å². The van der Waals surface area contributed by atoms with Crippen LogP contribution >= 0.6 is 0 Å². The van der Waals surface area contributed by atoms with E-state index in [2.05, 4.69) is 5.32 Å². The van der Waals surface area contributed by atoms with Crippen LogP contribution in [0.5, 0.6) is 5.75 Å². The van der Waals surface area contributed by atoms with Crippen molar-refractivity contribution in [3.05, 3.63) is 59.7 Å². The number of carboxylic acid groups (broad SMARTS) is 1. The van der Waals surface area contributed by atoms with E-state index in [9.17, 15) is 14.7 Å². The fourth-order valence-corrected chi connectivity index (χ4v) is 3.42. The summed E-state index contributed by atoms with van der Waals surface area (Å²) >= 11 is 0. The zero-order valence-corrected chi connectivity index (χ0v) is 13.2. The largest absolute Gasteiger partial charge is 0.507 e. The van der Waals surface area contributed by atoms with Crippen molar-refractivity contribution in [3.8, 4) is 5.75 Å². The molecule has 0 spiro atoms. The summed E-state index contributed by atoms with van der Waals surface area (Å²) in [5.74, 6) is -1.68. The van der Waals surface area contributed by atoms with E-state index < -0.39 is 11.4 Å². The van der Waals surface area contributed by atoms with Crippen molar-refractivity contribution < 1.29 is 19.8 Å². The highest BCUT2D eigenvalue weighted by Crippen LogP contribution is 2.42. The van der Waals surface area contributed by atoms with E-state index in [-0.39, 0.29) is 17.2 Å². The van der Waals surface area contributed by atoms with Gasteiger partial charge in [0.05, 0.1) is 5.41 Å². The molecule has 1 amide bonds. The molecule has 3 N–H and O–H groups in total. The highest BCUT2D eigenvalue weighted by molar-refractivity contribution is 6.00. The summed E-state index contributed by atoms with van der Waals surface area (Å²) in [4.78, 5) is 23.9. The first-order chi connectivity index (χ1) is 11.5. The number of rotatable bonds is 4. The molecule has 1 aliphatic carbocycles. The number of aromatic hydroxyl groups is 1. The molecule has 5 heteroatoms. The molecule has 2 aromatic rings. The van der Waals surface area contributed by atoms with Crippen LogP contribution in [0.1, 0.15) is 41.6 Å². The third-order valence-electron chi connectivity index (χ3n) is 4.70. The molecule has 0 unspecified atom stereocenters. The smallest absolute Gasteiger partial charge is 0.339 e. The van der Waals surface area contributed by atoms with Crippen molar-refractivity contribution in [2.24, 2.45) is 0 Å². The van der Waals surface area contributed by atoms with Gasteiger partial charge in [0.1, 0.15) is 11.3 Å². The van der Waals surface area contributed by atoms with Crippen LogP contribution in [0.25, 0.3) is 0 Å². The van der Waals surface area contributed by atoms with Crippen molar-refractivity contribution in [1.82, 2.24) is 0 Å². The Morgan fingerprint density at radius 2 is 1.67 bits per heavy atom. The average Bonchev–Trinajstić information content (AvgIpc) is 3.06. The number of aromatic carboxylic acids is 1. The minimum atomic E-state index is -1.21. The summed E-state index contributed by atoms with van der Waals surface area (Å²) < 4.78 is 0. The Labute approximate surface area is 139 Å². The summed E-state index contributed by atoms with van der Waals surface area (Å²) in [7, 11) is 0. The van der Waals surface area contributed by atoms with Gasteiger partial charge in [0.25, 0.3) is 0 Å². The SMILES string of the molecule is O=C(O)c1ccc(NC(=O)C2(c3ccccc3)CCCC2)cc1O. The zero-order valence-electron chi connectivity index (χ0n) is 13.2. The van der Waals surface area contributed by atoms with Crippen molar-refractivity contribution in [2.75, 3.05) is 5.32 Å². The van der Waals surface area contributed by atoms with Gasteiger partial charge in [-0.3, -0.25) is 4.79 Å². The van der Waals surface area contributed by atoms with Crippen LogP contribution in [-0.4, -0.2) is 22.1 Å². The Kier molecular flexibility index (Phi) is 4.25. The molecule has 0 aromatic heterocycles. The molecule has 5 nitrogen and oxygen atoms in total. The van der Waals surface area contributed by atoms with Gasteiger partial charge in [0, 0.05) is 11.8 Å². The van der Waals surface area contributed by atoms with Gasteiger partial charge in [0.15, 0.2) is 0 Å². The number of hydrogen-bond donors (Lipinski definition) is 3. The van der Waals surface area contributed by atoms with E-state index in [1.54, 1.807) is 0 Å². The maximum Gasteiger partial charge on any atom is 0.339 e. The lowest BCUT2D eigenvalue weighted by Gasteiger charge is -2.28. The van der Waals surface area contributed by atoms with Crippen LogP contribution in [0.2, 0.25) is 0 Å². The Balaban J connectivity index is 1.88. The normalized spacial score (nSPS) is 15.8. The Morgan fingerprint density at radius 3 is 2.25 bits per heavy atom. The van der Waals surface area contributed by atoms with Crippen LogP contribution in [0.4, 0.5) is 5.69 Å². The summed E-state index contributed by atoms with van der Waals surface area (Å²) in [6.45, 7) is 0. The molecule has 2 aromatic carbocycles. The van der Waals surface area contributed by atoms with Crippen LogP contribution < -0.4 is 5.32 Å².